The smallest absolute Gasteiger partial charge is 0.354 e. The summed E-state index contributed by atoms with van der Waals surface area (Å²) in [4.78, 5) is 16.5. The minimum absolute atomic E-state index is 0.0494. The fourth-order valence-corrected chi connectivity index (χ4v) is 2.28. The molecule has 0 unspecified atom stereocenters. The predicted octanol–water partition coefficient (Wildman–Crippen LogP) is 1.88. The molecule has 7 heteroatoms. The van der Waals surface area contributed by atoms with Crippen LogP contribution in [0.2, 0.25) is 0 Å². The van der Waals surface area contributed by atoms with Crippen molar-refractivity contribution in [1.82, 2.24) is 9.38 Å². The largest absolute Gasteiger partial charge is 0.477 e. The fraction of sp³-hybridized carbons (Fsp3) is 0.333. The van der Waals surface area contributed by atoms with Gasteiger partial charge in [-0.05, 0) is 6.07 Å². The number of imidazole rings is 1. The third-order valence-electron chi connectivity index (χ3n) is 3.25. The van der Waals surface area contributed by atoms with Crippen molar-refractivity contribution in [3.05, 3.63) is 30.2 Å². The van der Waals surface area contributed by atoms with Crippen LogP contribution in [0.5, 0.6) is 0 Å². The lowest BCUT2D eigenvalue weighted by atomic mass is 10.3. The van der Waals surface area contributed by atoms with E-state index in [2.05, 4.69) is 4.98 Å². The molecule has 5 nitrogen and oxygen atoms in total. The summed E-state index contributed by atoms with van der Waals surface area (Å²) in [5, 5.41) is 8.95. The lowest BCUT2D eigenvalue weighted by molar-refractivity contribution is 0.0257. The first-order chi connectivity index (χ1) is 8.96. The Morgan fingerprint density at radius 3 is 2.89 bits per heavy atom. The molecule has 0 aromatic carbocycles. The Labute approximate surface area is 107 Å². The van der Waals surface area contributed by atoms with Crippen LogP contribution >= 0.6 is 0 Å². The van der Waals surface area contributed by atoms with Crippen LogP contribution < -0.4 is 4.90 Å². The monoisotopic (exact) mass is 267 g/mol. The topological polar surface area (TPSA) is 57.8 Å². The van der Waals surface area contributed by atoms with E-state index in [0.717, 1.165) is 0 Å². The van der Waals surface area contributed by atoms with Crippen molar-refractivity contribution < 1.29 is 18.7 Å². The number of anilines is 1. The molecule has 0 aliphatic carbocycles. The Balaban J connectivity index is 1.97. The van der Waals surface area contributed by atoms with Gasteiger partial charge < -0.3 is 10.0 Å². The van der Waals surface area contributed by atoms with E-state index in [9.17, 15) is 13.6 Å². The van der Waals surface area contributed by atoms with Gasteiger partial charge in [0.15, 0.2) is 5.69 Å². The van der Waals surface area contributed by atoms with Crippen LogP contribution in [-0.2, 0) is 0 Å². The maximum Gasteiger partial charge on any atom is 0.354 e. The van der Waals surface area contributed by atoms with Crippen LogP contribution in [0.15, 0.2) is 24.5 Å². The molecule has 19 heavy (non-hydrogen) atoms. The van der Waals surface area contributed by atoms with Crippen molar-refractivity contribution in [3.63, 3.8) is 0 Å². The molecule has 0 bridgehead atoms. The second kappa shape index (κ2) is 3.91. The molecule has 0 radical (unpaired) electrons. The Morgan fingerprint density at radius 1 is 1.47 bits per heavy atom. The molecule has 3 heterocycles. The zero-order chi connectivity index (χ0) is 13.6. The Morgan fingerprint density at radius 2 is 2.26 bits per heavy atom. The van der Waals surface area contributed by atoms with Gasteiger partial charge >= 0.3 is 5.97 Å². The maximum absolute atomic E-state index is 13.2. The van der Waals surface area contributed by atoms with Gasteiger partial charge in [-0.1, -0.05) is 0 Å². The summed E-state index contributed by atoms with van der Waals surface area (Å²) in [6, 6.07) is 3.25. The highest BCUT2D eigenvalue weighted by molar-refractivity contribution is 5.86. The number of rotatable bonds is 2. The molecule has 0 atom stereocenters. The van der Waals surface area contributed by atoms with Gasteiger partial charge in [0.25, 0.3) is 5.92 Å². The van der Waals surface area contributed by atoms with E-state index in [-0.39, 0.29) is 25.2 Å². The fourth-order valence-electron chi connectivity index (χ4n) is 2.28. The van der Waals surface area contributed by atoms with Crippen LogP contribution in [0.25, 0.3) is 5.65 Å². The minimum atomic E-state index is -2.66. The van der Waals surface area contributed by atoms with Gasteiger partial charge in [0.1, 0.15) is 5.65 Å². The Hall–Kier alpha value is -2.18. The number of aromatic nitrogens is 2. The summed E-state index contributed by atoms with van der Waals surface area (Å²) in [6.07, 6.45) is 2.63. The van der Waals surface area contributed by atoms with Crippen molar-refractivity contribution in [2.45, 2.75) is 12.3 Å². The molecular weight excluding hydrogens is 256 g/mol. The summed E-state index contributed by atoms with van der Waals surface area (Å²) >= 11 is 0. The second-order valence-corrected chi connectivity index (χ2v) is 4.59. The number of carbonyl (C=O) groups is 1. The Kier molecular flexibility index (Phi) is 2.44. The summed E-state index contributed by atoms with van der Waals surface area (Å²) in [5.74, 6) is -3.73. The maximum atomic E-state index is 13.2. The van der Waals surface area contributed by atoms with Gasteiger partial charge in [0.2, 0.25) is 0 Å². The zero-order valence-corrected chi connectivity index (χ0v) is 9.88. The number of nitrogens with zero attached hydrogens (tertiary/aromatic N) is 3. The molecule has 0 amide bonds. The summed E-state index contributed by atoms with van der Waals surface area (Å²) in [5.41, 5.74) is 1.12. The van der Waals surface area contributed by atoms with E-state index in [4.69, 9.17) is 5.11 Å². The normalized spacial score (nSPS) is 18.1. The predicted molar refractivity (Wildman–Crippen MR) is 63.9 cm³/mol. The number of carboxylic acid groups (broad SMARTS) is 1. The van der Waals surface area contributed by atoms with Gasteiger partial charge in [-0.25, -0.2) is 18.6 Å². The number of hydrogen-bond donors (Lipinski definition) is 1. The summed E-state index contributed by atoms with van der Waals surface area (Å²) in [7, 11) is 0. The molecular formula is C12H11F2N3O2. The van der Waals surface area contributed by atoms with E-state index in [1.54, 1.807) is 17.0 Å². The number of alkyl halides is 2. The van der Waals surface area contributed by atoms with Gasteiger partial charge in [0.05, 0.1) is 12.7 Å². The highest BCUT2D eigenvalue weighted by Crippen LogP contribution is 2.31. The van der Waals surface area contributed by atoms with E-state index in [1.807, 2.05) is 0 Å². The number of hydrogen-bond acceptors (Lipinski definition) is 3. The average molecular weight is 267 g/mol. The number of carboxylic acids is 1. The van der Waals surface area contributed by atoms with Crippen molar-refractivity contribution in [2.75, 3.05) is 18.0 Å². The first-order valence-corrected chi connectivity index (χ1v) is 5.79. The number of fused-ring (bicyclic) bond motifs is 1. The number of halogens is 2. The van der Waals surface area contributed by atoms with E-state index in [0.29, 0.717) is 11.3 Å². The summed E-state index contributed by atoms with van der Waals surface area (Å²) < 4.78 is 27.7. The molecule has 1 saturated heterocycles. The zero-order valence-electron chi connectivity index (χ0n) is 9.88. The van der Waals surface area contributed by atoms with Gasteiger partial charge in [0, 0.05) is 30.9 Å². The number of pyridine rings is 1. The molecule has 1 fully saturated rings. The molecule has 1 aliphatic rings. The van der Waals surface area contributed by atoms with E-state index < -0.39 is 11.9 Å². The van der Waals surface area contributed by atoms with Crippen LogP contribution in [-0.4, -0.2) is 39.5 Å². The quantitative estimate of drug-likeness (QED) is 0.902. The third kappa shape index (κ3) is 2.00. The minimum Gasteiger partial charge on any atom is -0.477 e. The van der Waals surface area contributed by atoms with Crippen molar-refractivity contribution >= 4 is 17.3 Å². The van der Waals surface area contributed by atoms with E-state index >= 15 is 0 Å². The van der Waals surface area contributed by atoms with Crippen LogP contribution in [0.3, 0.4) is 0 Å². The molecule has 100 valence electrons. The first kappa shape index (κ1) is 11.9. The van der Waals surface area contributed by atoms with Crippen LogP contribution in [0.4, 0.5) is 14.5 Å². The number of aromatic carboxylic acids is 1. The lowest BCUT2D eigenvalue weighted by Gasteiger charge is -2.18. The SMILES string of the molecule is O=C(O)c1cnc2cc(N3CCC(F)(F)C3)ccn12. The van der Waals surface area contributed by atoms with Gasteiger partial charge in [-0.2, -0.15) is 0 Å². The highest BCUT2D eigenvalue weighted by Gasteiger charge is 2.38. The summed E-state index contributed by atoms with van der Waals surface area (Å²) in [6.45, 7) is -0.0225. The standard InChI is InChI=1S/C12H11F2N3O2/c13-12(14)2-4-16(7-12)8-1-3-17-9(11(18)19)6-15-10(17)5-8/h1,3,5-6H,2,4,7H2,(H,18,19). The highest BCUT2D eigenvalue weighted by atomic mass is 19.3. The molecule has 1 N–H and O–H groups in total. The van der Waals surface area contributed by atoms with Gasteiger partial charge in [-0.3, -0.25) is 4.40 Å². The van der Waals surface area contributed by atoms with Crippen LogP contribution in [0, 0.1) is 0 Å². The van der Waals surface area contributed by atoms with Crippen LogP contribution in [0.1, 0.15) is 16.9 Å². The van der Waals surface area contributed by atoms with Crippen molar-refractivity contribution in [2.24, 2.45) is 0 Å². The molecule has 0 spiro atoms. The molecule has 1 aliphatic heterocycles. The lowest BCUT2D eigenvalue weighted by Crippen LogP contribution is -2.24. The molecule has 2 aromatic heterocycles. The molecule has 0 saturated carbocycles. The van der Waals surface area contributed by atoms with Crippen molar-refractivity contribution in [3.8, 4) is 0 Å². The third-order valence-corrected chi connectivity index (χ3v) is 3.25. The van der Waals surface area contributed by atoms with E-state index in [1.165, 1.54) is 16.8 Å². The molecule has 2 aromatic rings. The first-order valence-electron chi connectivity index (χ1n) is 5.79. The van der Waals surface area contributed by atoms with Crippen molar-refractivity contribution in [1.29, 1.82) is 0 Å². The van der Waals surface area contributed by atoms with Gasteiger partial charge in [-0.15, -0.1) is 0 Å². The molecule has 3 rings (SSSR count). The Bertz CT molecular complexity index is 653. The second-order valence-electron chi connectivity index (χ2n) is 4.59. The average Bonchev–Trinajstić information content (AvgIpc) is 2.91.